The van der Waals surface area contributed by atoms with Gasteiger partial charge in [0, 0.05) is 39.3 Å². The molecule has 0 aliphatic carbocycles. The first-order valence-corrected chi connectivity index (χ1v) is 9.24. The lowest BCUT2D eigenvalue weighted by Crippen LogP contribution is -2.48. The molecule has 3 rings (SSSR count). The van der Waals surface area contributed by atoms with Crippen LogP contribution < -0.4 is 0 Å². The van der Waals surface area contributed by atoms with Crippen molar-refractivity contribution in [1.82, 2.24) is 14.7 Å². The maximum atomic E-state index is 12.9. The van der Waals surface area contributed by atoms with Gasteiger partial charge in [-0.2, -0.15) is 0 Å². The van der Waals surface area contributed by atoms with Gasteiger partial charge in [-0.1, -0.05) is 18.2 Å². The Morgan fingerprint density at radius 3 is 2.27 bits per heavy atom. The van der Waals surface area contributed by atoms with Crippen LogP contribution >= 0.6 is 0 Å². The Labute approximate surface area is 154 Å². The largest absolute Gasteiger partial charge is 0.395 e. The van der Waals surface area contributed by atoms with E-state index in [2.05, 4.69) is 4.90 Å². The predicted molar refractivity (Wildman–Crippen MR) is 100 cm³/mol. The number of benzene rings is 1. The van der Waals surface area contributed by atoms with Crippen molar-refractivity contribution in [2.24, 2.45) is 0 Å². The van der Waals surface area contributed by atoms with Crippen LogP contribution in [0.15, 0.2) is 23.9 Å². The second kappa shape index (κ2) is 7.60. The fourth-order valence-corrected chi connectivity index (χ4v) is 3.64. The van der Waals surface area contributed by atoms with Crippen molar-refractivity contribution < 1.29 is 14.7 Å². The minimum atomic E-state index is -0.200. The summed E-state index contributed by atoms with van der Waals surface area (Å²) in [6, 6.07) is 5.93. The van der Waals surface area contributed by atoms with E-state index in [9.17, 15) is 9.59 Å². The van der Waals surface area contributed by atoms with E-state index in [1.807, 2.05) is 43.9 Å². The topological polar surface area (TPSA) is 64.1 Å². The molecule has 1 fully saturated rings. The van der Waals surface area contributed by atoms with Crippen LogP contribution in [0.25, 0.3) is 5.57 Å². The number of aliphatic hydroxyl groups is 1. The fourth-order valence-electron chi connectivity index (χ4n) is 3.64. The van der Waals surface area contributed by atoms with Crippen LogP contribution in [0, 0.1) is 13.8 Å². The second-order valence-corrected chi connectivity index (χ2v) is 6.93. The van der Waals surface area contributed by atoms with E-state index in [0.717, 1.165) is 29.8 Å². The van der Waals surface area contributed by atoms with Gasteiger partial charge in [-0.15, -0.1) is 0 Å². The molecule has 1 saturated heterocycles. The van der Waals surface area contributed by atoms with Gasteiger partial charge in [0.05, 0.1) is 12.2 Å². The van der Waals surface area contributed by atoms with Gasteiger partial charge < -0.3 is 10.0 Å². The lowest BCUT2D eigenvalue weighted by atomic mass is 9.99. The molecule has 1 N–H and O–H groups in total. The summed E-state index contributed by atoms with van der Waals surface area (Å²) in [5.74, 6) is -0.394. The number of amides is 2. The molecule has 0 saturated carbocycles. The molecule has 140 valence electrons. The monoisotopic (exact) mass is 357 g/mol. The van der Waals surface area contributed by atoms with Crippen LogP contribution in [-0.2, 0) is 9.59 Å². The summed E-state index contributed by atoms with van der Waals surface area (Å²) < 4.78 is 0. The van der Waals surface area contributed by atoms with Gasteiger partial charge in [0.2, 0.25) is 0 Å². The highest BCUT2D eigenvalue weighted by Gasteiger charge is 2.41. The number of carbonyl (C=O) groups is 2. The molecule has 0 aromatic heterocycles. The van der Waals surface area contributed by atoms with Crippen molar-refractivity contribution in [1.29, 1.82) is 0 Å². The number of aryl methyl sites for hydroxylation is 2. The van der Waals surface area contributed by atoms with Crippen LogP contribution in [0.3, 0.4) is 0 Å². The Bertz CT molecular complexity index is 749. The molecular formula is C20H27N3O3. The second-order valence-electron chi connectivity index (χ2n) is 6.93. The molecule has 0 spiro atoms. The molecule has 6 heteroatoms. The third-order valence-electron chi connectivity index (χ3n) is 5.36. The standard InChI is InChI=1S/C20H27N3O3/c1-4-23-19(25)17(16-6-5-14(2)15(3)13-16)18(20(23)26)22-9-7-21(8-10-22)11-12-24/h5-6,13,24H,4,7-12H2,1-3H3. The smallest absolute Gasteiger partial charge is 0.277 e. The van der Waals surface area contributed by atoms with Crippen molar-refractivity contribution >= 4 is 17.4 Å². The number of hydrogen-bond donors (Lipinski definition) is 1. The lowest BCUT2D eigenvalue weighted by Gasteiger charge is -2.36. The summed E-state index contributed by atoms with van der Waals surface area (Å²) in [6.45, 7) is 9.95. The molecule has 26 heavy (non-hydrogen) atoms. The summed E-state index contributed by atoms with van der Waals surface area (Å²) in [6.07, 6.45) is 0. The maximum Gasteiger partial charge on any atom is 0.277 e. The van der Waals surface area contributed by atoms with Gasteiger partial charge in [-0.05, 0) is 37.5 Å². The quantitative estimate of drug-likeness (QED) is 0.797. The fraction of sp³-hybridized carbons (Fsp3) is 0.500. The summed E-state index contributed by atoms with van der Waals surface area (Å²) >= 11 is 0. The number of carbonyl (C=O) groups excluding carboxylic acids is 2. The summed E-state index contributed by atoms with van der Waals surface area (Å²) in [7, 11) is 0. The van der Waals surface area contributed by atoms with Crippen molar-refractivity contribution in [3.8, 4) is 0 Å². The first-order chi connectivity index (χ1) is 12.5. The third kappa shape index (κ3) is 3.27. The average Bonchev–Trinajstić information content (AvgIpc) is 2.88. The molecule has 1 aromatic rings. The number of β-amino-alcohol motifs (C(OH)–C–C–N with tert-alkyl or cyclic N) is 1. The van der Waals surface area contributed by atoms with Gasteiger partial charge >= 0.3 is 0 Å². The molecular weight excluding hydrogens is 330 g/mol. The zero-order valence-electron chi connectivity index (χ0n) is 15.8. The van der Waals surface area contributed by atoms with Crippen molar-refractivity contribution in [3.05, 3.63) is 40.6 Å². The highest BCUT2D eigenvalue weighted by Crippen LogP contribution is 2.32. The summed E-state index contributed by atoms with van der Waals surface area (Å²) in [5, 5.41) is 9.11. The Hall–Kier alpha value is -2.18. The van der Waals surface area contributed by atoms with E-state index in [0.29, 0.717) is 37.4 Å². The summed E-state index contributed by atoms with van der Waals surface area (Å²) in [4.78, 5) is 31.4. The molecule has 0 bridgehead atoms. The Balaban J connectivity index is 1.98. The lowest BCUT2D eigenvalue weighted by molar-refractivity contribution is -0.137. The minimum Gasteiger partial charge on any atom is -0.395 e. The number of hydrogen-bond acceptors (Lipinski definition) is 5. The van der Waals surface area contributed by atoms with Crippen LogP contribution in [0.5, 0.6) is 0 Å². The highest BCUT2D eigenvalue weighted by atomic mass is 16.3. The highest BCUT2D eigenvalue weighted by molar-refractivity contribution is 6.35. The van der Waals surface area contributed by atoms with E-state index >= 15 is 0 Å². The molecule has 2 aliphatic heterocycles. The Morgan fingerprint density at radius 1 is 1.00 bits per heavy atom. The molecule has 1 aromatic carbocycles. The number of likely N-dealkylation sites (N-methyl/N-ethyl adjacent to an activating group) is 1. The minimum absolute atomic E-state index is 0.137. The molecule has 0 unspecified atom stereocenters. The molecule has 2 aliphatic rings. The molecule has 6 nitrogen and oxygen atoms in total. The predicted octanol–water partition coefficient (Wildman–Crippen LogP) is 1.01. The Morgan fingerprint density at radius 2 is 1.69 bits per heavy atom. The maximum absolute atomic E-state index is 12.9. The zero-order valence-corrected chi connectivity index (χ0v) is 15.8. The van der Waals surface area contributed by atoms with Gasteiger partial charge in [-0.25, -0.2) is 0 Å². The van der Waals surface area contributed by atoms with Gasteiger partial charge in [0.1, 0.15) is 5.70 Å². The van der Waals surface area contributed by atoms with E-state index in [1.54, 1.807) is 0 Å². The molecule has 0 atom stereocenters. The van der Waals surface area contributed by atoms with Crippen LogP contribution in [0.1, 0.15) is 23.6 Å². The van der Waals surface area contributed by atoms with Crippen molar-refractivity contribution in [2.45, 2.75) is 20.8 Å². The van der Waals surface area contributed by atoms with Gasteiger partial charge in [0.25, 0.3) is 11.8 Å². The molecule has 0 radical (unpaired) electrons. The van der Waals surface area contributed by atoms with E-state index in [-0.39, 0.29) is 18.4 Å². The van der Waals surface area contributed by atoms with Crippen LogP contribution in [-0.4, -0.2) is 77.5 Å². The molecule has 2 amide bonds. The van der Waals surface area contributed by atoms with E-state index in [4.69, 9.17) is 5.11 Å². The summed E-state index contributed by atoms with van der Waals surface area (Å²) in [5.41, 5.74) is 4.14. The molecule has 2 heterocycles. The van der Waals surface area contributed by atoms with E-state index in [1.165, 1.54) is 4.90 Å². The van der Waals surface area contributed by atoms with Crippen LogP contribution in [0.4, 0.5) is 0 Å². The number of piperazine rings is 1. The Kier molecular flexibility index (Phi) is 5.44. The zero-order chi connectivity index (χ0) is 18.8. The SMILES string of the molecule is CCN1C(=O)C(c2ccc(C)c(C)c2)=C(N2CCN(CCO)CC2)C1=O. The number of imide groups is 1. The number of nitrogens with zero attached hydrogens (tertiary/aromatic N) is 3. The number of rotatable bonds is 5. The van der Waals surface area contributed by atoms with Crippen molar-refractivity contribution in [3.63, 3.8) is 0 Å². The third-order valence-corrected chi connectivity index (χ3v) is 5.36. The number of aliphatic hydroxyl groups excluding tert-OH is 1. The average molecular weight is 357 g/mol. The van der Waals surface area contributed by atoms with Crippen LogP contribution in [0.2, 0.25) is 0 Å². The normalized spacial score (nSPS) is 19.1. The first kappa shape index (κ1) is 18.6. The van der Waals surface area contributed by atoms with E-state index < -0.39 is 0 Å². The van der Waals surface area contributed by atoms with Gasteiger partial charge in [0.15, 0.2) is 0 Å². The van der Waals surface area contributed by atoms with Crippen molar-refractivity contribution in [2.75, 3.05) is 45.9 Å². The first-order valence-electron chi connectivity index (χ1n) is 9.24. The van der Waals surface area contributed by atoms with Gasteiger partial charge in [-0.3, -0.25) is 19.4 Å².